The average Bonchev–Trinajstić information content (AvgIpc) is 2.71. The van der Waals surface area contributed by atoms with Crippen molar-refractivity contribution in [2.45, 2.75) is 6.42 Å². The first-order valence-corrected chi connectivity index (χ1v) is 5.70. The lowest BCUT2D eigenvalue weighted by Gasteiger charge is -2.00. The molecule has 0 atom stereocenters. The molecule has 1 aromatic carbocycles. The number of benzene rings is 1. The third-order valence-corrected chi connectivity index (χ3v) is 3.00. The Morgan fingerprint density at radius 1 is 1.06 bits per heavy atom. The molecule has 0 saturated carbocycles. The first-order chi connectivity index (χ1) is 7.70. The van der Waals surface area contributed by atoms with E-state index < -0.39 is 0 Å². The van der Waals surface area contributed by atoms with Gasteiger partial charge in [-0.3, -0.25) is 0 Å². The van der Waals surface area contributed by atoms with Gasteiger partial charge in [0.2, 0.25) is 0 Å². The highest BCUT2D eigenvalue weighted by atomic mass is 35.5. The van der Waals surface area contributed by atoms with Crippen LogP contribution in [0.2, 0.25) is 10.0 Å². The average molecular weight is 293 g/mol. The molecular weight excluding hydrogens is 280 g/mol. The van der Waals surface area contributed by atoms with Gasteiger partial charge in [0.25, 0.3) is 0 Å². The summed E-state index contributed by atoms with van der Waals surface area (Å²) in [6, 6.07) is 9.24. The van der Waals surface area contributed by atoms with E-state index in [4.69, 9.17) is 33.4 Å². The van der Waals surface area contributed by atoms with Gasteiger partial charge in [-0.05, 0) is 36.9 Å². The van der Waals surface area contributed by atoms with E-state index in [0.29, 0.717) is 16.6 Å². The van der Waals surface area contributed by atoms with Crippen LogP contribution in [0.15, 0.2) is 34.7 Å². The quantitative estimate of drug-likeness (QED) is 0.922. The fourth-order valence-electron chi connectivity index (χ4n) is 1.46. The van der Waals surface area contributed by atoms with Crippen molar-refractivity contribution in [2.24, 2.45) is 5.73 Å². The summed E-state index contributed by atoms with van der Waals surface area (Å²) in [5.41, 5.74) is 6.37. The van der Waals surface area contributed by atoms with Crippen LogP contribution in [0.1, 0.15) is 5.76 Å². The number of furan rings is 1. The minimum Gasteiger partial charge on any atom is -0.461 e. The zero-order valence-corrected chi connectivity index (χ0v) is 11.3. The molecule has 1 heterocycles. The zero-order valence-electron chi connectivity index (χ0n) is 8.95. The Hall–Kier alpha value is -0.670. The minimum absolute atomic E-state index is 0. The molecule has 0 saturated heterocycles. The molecule has 17 heavy (non-hydrogen) atoms. The highest BCUT2D eigenvalue weighted by molar-refractivity contribution is 6.42. The van der Waals surface area contributed by atoms with E-state index in [1.54, 1.807) is 12.1 Å². The van der Waals surface area contributed by atoms with Crippen LogP contribution in [-0.4, -0.2) is 6.54 Å². The first kappa shape index (κ1) is 14.4. The van der Waals surface area contributed by atoms with Gasteiger partial charge in [-0.25, -0.2) is 0 Å². The summed E-state index contributed by atoms with van der Waals surface area (Å²) in [4.78, 5) is 0. The molecule has 0 spiro atoms. The summed E-state index contributed by atoms with van der Waals surface area (Å²) in [5, 5.41) is 1.06. The Morgan fingerprint density at radius 3 is 2.47 bits per heavy atom. The van der Waals surface area contributed by atoms with Gasteiger partial charge in [0, 0.05) is 12.0 Å². The van der Waals surface area contributed by atoms with Crippen LogP contribution >= 0.6 is 35.6 Å². The maximum atomic E-state index is 5.94. The normalized spacial score (nSPS) is 10.1. The number of halogens is 3. The minimum atomic E-state index is 0. The summed E-state index contributed by atoms with van der Waals surface area (Å²) in [6.07, 6.45) is 0.737. The highest BCUT2D eigenvalue weighted by Gasteiger charge is 2.06. The van der Waals surface area contributed by atoms with Crippen molar-refractivity contribution in [2.75, 3.05) is 6.54 Å². The van der Waals surface area contributed by atoms with Crippen molar-refractivity contribution in [1.29, 1.82) is 0 Å². The van der Waals surface area contributed by atoms with Crippen LogP contribution < -0.4 is 5.73 Å². The second-order valence-electron chi connectivity index (χ2n) is 3.43. The third-order valence-electron chi connectivity index (χ3n) is 2.26. The van der Waals surface area contributed by atoms with Crippen molar-refractivity contribution < 1.29 is 4.42 Å². The Balaban J connectivity index is 0.00000144. The van der Waals surface area contributed by atoms with E-state index in [-0.39, 0.29) is 12.4 Å². The first-order valence-electron chi connectivity index (χ1n) is 4.95. The molecule has 2 nitrogen and oxygen atoms in total. The molecule has 0 fully saturated rings. The molecule has 0 bridgehead atoms. The second kappa shape index (κ2) is 6.31. The molecule has 5 heteroatoms. The zero-order chi connectivity index (χ0) is 11.5. The van der Waals surface area contributed by atoms with Gasteiger partial charge >= 0.3 is 0 Å². The van der Waals surface area contributed by atoms with Crippen molar-refractivity contribution in [3.63, 3.8) is 0 Å². The molecule has 0 amide bonds. The molecule has 2 N–H and O–H groups in total. The maximum absolute atomic E-state index is 5.94. The van der Waals surface area contributed by atoms with Gasteiger partial charge in [-0.2, -0.15) is 0 Å². The van der Waals surface area contributed by atoms with E-state index in [1.165, 1.54) is 0 Å². The van der Waals surface area contributed by atoms with Crippen molar-refractivity contribution in [3.05, 3.63) is 46.1 Å². The van der Waals surface area contributed by atoms with Gasteiger partial charge < -0.3 is 10.2 Å². The fraction of sp³-hybridized carbons (Fsp3) is 0.167. The summed E-state index contributed by atoms with van der Waals surface area (Å²) >= 11 is 11.8. The molecule has 0 unspecified atom stereocenters. The summed E-state index contributed by atoms with van der Waals surface area (Å²) < 4.78 is 5.62. The lowest BCUT2D eigenvalue weighted by atomic mass is 10.2. The van der Waals surface area contributed by atoms with Crippen LogP contribution in [0.3, 0.4) is 0 Å². The number of rotatable bonds is 3. The van der Waals surface area contributed by atoms with Crippen LogP contribution in [0.25, 0.3) is 11.3 Å². The van der Waals surface area contributed by atoms with Gasteiger partial charge in [-0.1, -0.05) is 23.2 Å². The number of nitrogens with two attached hydrogens (primary N) is 1. The summed E-state index contributed by atoms with van der Waals surface area (Å²) in [5.74, 6) is 1.66. The Morgan fingerprint density at radius 2 is 1.82 bits per heavy atom. The van der Waals surface area contributed by atoms with Gasteiger partial charge in [-0.15, -0.1) is 12.4 Å². The smallest absolute Gasteiger partial charge is 0.134 e. The largest absolute Gasteiger partial charge is 0.461 e. The Labute approximate surface area is 116 Å². The lowest BCUT2D eigenvalue weighted by molar-refractivity contribution is 0.524. The number of hydrogen-bond acceptors (Lipinski definition) is 2. The summed E-state index contributed by atoms with van der Waals surface area (Å²) in [6.45, 7) is 0.578. The van der Waals surface area contributed by atoms with Crippen LogP contribution in [0.4, 0.5) is 0 Å². The van der Waals surface area contributed by atoms with Gasteiger partial charge in [0.15, 0.2) is 0 Å². The van der Waals surface area contributed by atoms with E-state index >= 15 is 0 Å². The molecule has 0 aliphatic rings. The summed E-state index contributed by atoms with van der Waals surface area (Å²) in [7, 11) is 0. The Bertz CT molecular complexity index is 496. The molecular formula is C12H12Cl3NO. The molecule has 92 valence electrons. The molecule has 2 rings (SSSR count). The van der Waals surface area contributed by atoms with Gasteiger partial charge in [0.1, 0.15) is 11.5 Å². The molecule has 1 aromatic heterocycles. The van der Waals surface area contributed by atoms with Crippen LogP contribution in [0.5, 0.6) is 0 Å². The monoisotopic (exact) mass is 291 g/mol. The van der Waals surface area contributed by atoms with E-state index in [9.17, 15) is 0 Å². The maximum Gasteiger partial charge on any atom is 0.134 e. The topological polar surface area (TPSA) is 39.2 Å². The fourth-order valence-corrected chi connectivity index (χ4v) is 1.76. The SMILES string of the molecule is Cl.NCCc1ccc(-c2ccc(Cl)c(Cl)c2)o1. The van der Waals surface area contributed by atoms with Crippen LogP contribution in [0, 0.1) is 0 Å². The van der Waals surface area contributed by atoms with E-state index in [2.05, 4.69) is 0 Å². The van der Waals surface area contributed by atoms with Crippen molar-refractivity contribution in [1.82, 2.24) is 0 Å². The Kier molecular flexibility index (Phi) is 5.34. The highest BCUT2D eigenvalue weighted by Crippen LogP contribution is 2.29. The van der Waals surface area contributed by atoms with Crippen molar-refractivity contribution >= 4 is 35.6 Å². The molecule has 0 aliphatic heterocycles. The van der Waals surface area contributed by atoms with Crippen LogP contribution in [-0.2, 0) is 6.42 Å². The predicted molar refractivity (Wildman–Crippen MR) is 74.2 cm³/mol. The molecule has 2 aromatic rings. The van der Waals surface area contributed by atoms with E-state index in [0.717, 1.165) is 23.5 Å². The number of hydrogen-bond donors (Lipinski definition) is 1. The molecule has 0 radical (unpaired) electrons. The van der Waals surface area contributed by atoms with Crippen molar-refractivity contribution in [3.8, 4) is 11.3 Å². The van der Waals surface area contributed by atoms with E-state index in [1.807, 2.05) is 18.2 Å². The van der Waals surface area contributed by atoms with Gasteiger partial charge in [0.05, 0.1) is 10.0 Å². The molecule has 0 aliphatic carbocycles. The standard InChI is InChI=1S/C12H11Cl2NO.ClH/c13-10-3-1-8(7-11(10)14)12-4-2-9(16-12)5-6-15;/h1-4,7H,5-6,15H2;1H. The second-order valence-corrected chi connectivity index (χ2v) is 4.25. The predicted octanol–water partition coefficient (Wildman–Crippen LogP) is 4.18. The lowest BCUT2D eigenvalue weighted by Crippen LogP contribution is -2.01. The third kappa shape index (κ3) is 3.39.